The first kappa shape index (κ1) is 25.6. The van der Waals surface area contributed by atoms with E-state index in [1.807, 2.05) is 6.07 Å². The van der Waals surface area contributed by atoms with Crippen LogP contribution in [0, 0.1) is 0 Å². The molecule has 2 aromatic carbocycles. The highest BCUT2D eigenvalue weighted by Crippen LogP contribution is 2.29. The van der Waals surface area contributed by atoms with Crippen LogP contribution in [0.4, 0.5) is 0 Å². The molecule has 36 heavy (non-hydrogen) atoms. The lowest BCUT2D eigenvalue weighted by Crippen LogP contribution is -2.48. The molecule has 1 saturated heterocycles. The van der Waals surface area contributed by atoms with Gasteiger partial charge in [-0.1, -0.05) is 60.7 Å². The van der Waals surface area contributed by atoms with E-state index in [0.717, 1.165) is 51.1 Å². The molecule has 1 amide bonds. The van der Waals surface area contributed by atoms with E-state index < -0.39 is 0 Å². The molecule has 0 radical (unpaired) electrons. The average molecular weight is 485 g/mol. The number of nitrogens with one attached hydrogen (secondary N) is 1. The first-order chi connectivity index (χ1) is 17.7. The lowest BCUT2D eigenvalue weighted by molar-refractivity contribution is -0.116. The van der Waals surface area contributed by atoms with Gasteiger partial charge in [-0.2, -0.15) is 0 Å². The molecule has 0 unspecified atom stereocenters. The van der Waals surface area contributed by atoms with Crippen LogP contribution < -0.4 is 10.1 Å². The predicted molar refractivity (Wildman–Crippen MR) is 145 cm³/mol. The fourth-order valence-corrected chi connectivity index (χ4v) is 4.64. The first-order valence-corrected chi connectivity index (χ1v) is 12.7. The third-order valence-corrected chi connectivity index (χ3v) is 6.60. The Hall–Kier alpha value is -3.48. The van der Waals surface area contributed by atoms with E-state index in [9.17, 15) is 4.79 Å². The highest BCUT2D eigenvalue weighted by molar-refractivity contribution is 5.91. The summed E-state index contributed by atoms with van der Waals surface area (Å²) >= 11 is 0. The van der Waals surface area contributed by atoms with Crippen LogP contribution in [0.1, 0.15) is 35.6 Å². The number of aromatic nitrogens is 1. The van der Waals surface area contributed by atoms with Crippen molar-refractivity contribution in [2.45, 2.75) is 18.9 Å². The van der Waals surface area contributed by atoms with Gasteiger partial charge in [0.1, 0.15) is 0 Å². The van der Waals surface area contributed by atoms with E-state index >= 15 is 0 Å². The molecule has 0 saturated carbocycles. The van der Waals surface area contributed by atoms with Crippen molar-refractivity contribution in [3.63, 3.8) is 0 Å². The number of nitrogens with zero attached hydrogens (tertiary/aromatic N) is 3. The highest BCUT2D eigenvalue weighted by Gasteiger charge is 2.26. The van der Waals surface area contributed by atoms with E-state index in [2.05, 4.69) is 80.8 Å². The van der Waals surface area contributed by atoms with Crippen LogP contribution in [0.3, 0.4) is 0 Å². The molecule has 1 aliphatic heterocycles. The molecule has 3 aromatic rings. The summed E-state index contributed by atoms with van der Waals surface area (Å²) in [5.74, 6) is 0.484. The van der Waals surface area contributed by atoms with Crippen LogP contribution in [0.5, 0.6) is 5.88 Å². The van der Waals surface area contributed by atoms with E-state index in [0.29, 0.717) is 18.5 Å². The minimum Gasteiger partial charge on any atom is -0.481 e. The van der Waals surface area contributed by atoms with E-state index in [4.69, 9.17) is 4.74 Å². The molecule has 1 aliphatic rings. The zero-order valence-electron chi connectivity index (χ0n) is 21.1. The van der Waals surface area contributed by atoms with Crippen LogP contribution >= 0.6 is 0 Å². The van der Waals surface area contributed by atoms with Crippen LogP contribution in [0.15, 0.2) is 85.1 Å². The van der Waals surface area contributed by atoms with E-state index in [-0.39, 0.29) is 5.91 Å². The molecule has 0 spiro atoms. The number of rotatable bonds is 11. The van der Waals surface area contributed by atoms with Gasteiger partial charge in [0.05, 0.1) is 13.2 Å². The summed E-state index contributed by atoms with van der Waals surface area (Å²) < 4.78 is 5.05. The van der Waals surface area contributed by atoms with Crippen molar-refractivity contribution < 1.29 is 9.53 Å². The number of hydrogen-bond donors (Lipinski definition) is 1. The fraction of sp³-hybridized carbons (Fsp3) is 0.333. The topological polar surface area (TPSA) is 57.7 Å². The molecule has 1 fully saturated rings. The number of carbonyl (C=O) groups is 1. The first-order valence-electron chi connectivity index (χ1n) is 12.7. The number of amides is 1. The Morgan fingerprint density at radius 3 is 2.19 bits per heavy atom. The summed E-state index contributed by atoms with van der Waals surface area (Å²) in [6.45, 7) is 6.00. The SMILES string of the molecule is COc1ccc(/C=C/C(=O)NCCCCN2CCN(C(c3ccccc3)c3ccccc3)CC2)cn1. The second kappa shape index (κ2) is 13.6. The molecule has 0 bridgehead atoms. The maximum Gasteiger partial charge on any atom is 0.243 e. The Morgan fingerprint density at radius 1 is 0.944 bits per heavy atom. The summed E-state index contributed by atoms with van der Waals surface area (Å²) in [7, 11) is 1.58. The monoisotopic (exact) mass is 484 g/mol. The van der Waals surface area contributed by atoms with E-state index in [1.165, 1.54) is 11.1 Å². The van der Waals surface area contributed by atoms with Crippen LogP contribution in [0.2, 0.25) is 0 Å². The fourth-order valence-electron chi connectivity index (χ4n) is 4.64. The van der Waals surface area contributed by atoms with Gasteiger partial charge in [0, 0.05) is 51.1 Å². The quantitative estimate of drug-likeness (QED) is 0.323. The molecule has 0 aliphatic carbocycles. The number of carbonyl (C=O) groups excluding carboxylic acids is 1. The third-order valence-electron chi connectivity index (χ3n) is 6.60. The lowest BCUT2D eigenvalue weighted by Gasteiger charge is -2.39. The van der Waals surface area contributed by atoms with E-state index in [1.54, 1.807) is 31.5 Å². The predicted octanol–water partition coefficient (Wildman–Crippen LogP) is 4.41. The van der Waals surface area contributed by atoms with Crippen molar-refractivity contribution in [2.24, 2.45) is 0 Å². The zero-order chi connectivity index (χ0) is 25.0. The second-order valence-corrected chi connectivity index (χ2v) is 9.07. The van der Waals surface area contributed by atoms with Gasteiger partial charge in [0.25, 0.3) is 0 Å². The van der Waals surface area contributed by atoms with Crippen molar-refractivity contribution in [1.29, 1.82) is 0 Å². The van der Waals surface area contributed by atoms with Crippen molar-refractivity contribution in [3.05, 3.63) is 102 Å². The Labute approximate surface area is 214 Å². The lowest BCUT2D eigenvalue weighted by atomic mass is 9.96. The van der Waals surface area contributed by atoms with Crippen LogP contribution in [-0.4, -0.2) is 67.1 Å². The van der Waals surface area contributed by atoms with Gasteiger partial charge in [-0.05, 0) is 48.2 Å². The van der Waals surface area contributed by atoms with Gasteiger partial charge in [0.15, 0.2) is 0 Å². The van der Waals surface area contributed by atoms with Crippen LogP contribution in [-0.2, 0) is 4.79 Å². The van der Waals surface area contributed by atoms with Crippen molar-refractivity contribution >= 4 is 12.0 Å². The number of pyridine rings is 1. The Morgan fingerprint density at radius 2 is 1.61 bits per heavy atom. The van der Waals surface area contributed by atoms with Gasteiger partial charge in [-0.25, -0.2) is 4.98 Å². The highest BCUT2D eigenvalue weighted by atomic mass is 16.5. The van der Waals surface area contributed by atoms with Crippen molar-refractivity contribution in [3.8, 4) is 5.88 Å². The maximum absolute atomic E-state index is 12.1. The summed E-state index contributed by atoms with van der Waals surface area (Å²) in [6.07, 6.45) is 7.05. The molecule has 6 nitrogen and oxygen atoms in total. The largest absolute Gasteiger partial charge is 0.481 e. The Kier molecular flexibility index (Phi) is 9.65. The third kappa shape index (κ3) is 7.51. The van der Waals surface area contributed by atoms with Gasteiger partial charge in [-0.15, -0.1) is 0 Å². The van der Waals surface area contributed by atoms with Gasteiger partial charge in [0.2, 0.25) is 11.8 Å². The summed E-state index contributed by atoms with van der Waals surface area (Å²) in [5.41, 5.74) is 3.57. The summed E-state index contributed by atoms with van der Waals surface area (Å²) in [5, 5.41) is 2.97. The number of unbranched alkanes of at least 4 members (excludes halogenated alkanes) is 1. The van der Waals surface area contributed by atoms with Crippen LogP contribution in [0.25, 0.3) is 6.08 Å². The maximum atomic E-state index is 12.1. The number of piperazine rings is 1. The Bertz CT molecular complexity index is 1040. The molecule has 1 aromatic heterocycles. The van der Waals surface area contributed by atoms with Gasteiger partial charge in [-0.3, -0.25) is 9.69 Å². The molecule has 1 N–H and O–H groups in total. The molecule has 0 atom stereocenters. The minimum atomic E-state index is -0.0766. The number of benzene rings is 2. The van der Waals surface area contributed by atoms with Crippen molar-refractivity contribution in [2.75, 3.05) is 46.4 Å². The second-order valence-electron chi connectivity index (χ2n) is 9.07. The smallest absolute Gasteiger partial charge is 0.243 e. The minimum absolute atomic E-state index is 0.0766. The Balaban J connectivity index is 1.16. The van der Waals surface area contributed by atoms with Crippen molar-refractivity contribution in [1.82, 2.24) is 20.1 Å². The number of ether oxygens (including phenoxy) is 1. The normalized spacial score (nSPS) is 14.8. The molecular formula is C30H36N4O2. The summed E-state index contributed by atoms with van der Waals surface area (Å²) in [6, 6.07) is 25.6. The zero-order valence-corrected chi connectivity index (χ0v) is 21.1. The average Bonchev–Trinajstić information content (AvgIpc) is 2.94. The molecule has 188 valence electrons. The van der Waals surface area contributed by atoms with Gasteiger partial charge >= 0.3 is 0 Å². The number of hydrogen-bond acceptors (Lipinski definition) is 5. The molecule has 2 heterocycles. The number of methoxy groups -OCH3 is 1. The molecule has 6 heteroatoms. The summed E-state index contributed by atoms with van der Waals surface area (Å²) in [4.78, 5) is 21.4. The standard InChI is InChI=1S/C30H36N4O2/c1-36-29-17-15-25(24-32-29)14-16-28(35)31-18-8-9-19-33-20-22-34(23-21-33)30(26-10-4-2-5-11-26)27-12-6-3-7-13-27/h2-7,10-17,24,30H,8-9,18-23H2,1H3,(H,31,35)/b16-14+. The molecule has 4 rings (SSSR count). The van der Waals surface area contributed by atoms with Gasteiger partial charge < -0.3 is 15.0 Å². The molecular weight excluding hydrogens is 448 g/mol.